The lowest BCUT2D eigenvalue weighted by Crippen LogP contribution is -2.76. The molecule has 1 saturated heterocycles. The predicted octanol–water partition coefficient (Wildman–Crippen LogP) is -0.167. The molecule has 1 N–H and O–H groups in total. The molecule has 2 rings (SSSR count). The number of nitrogens with zero attached hydrogens (tertiary/aromatic N) is 4. The summed E-state index contributed by atoms with van der Waals surface area (Å²) in [6.45, 7) is 3.41. The Hall–Kier alpha value is -2.45. The number of nitrogens with one attached hydrogen (secondary N) is 1. The molecule has 9 heteroatoms. The van der Waals surface area contributed by atoms with Crippen molar-refractivity contribution >= 4 is 29.6 Å². The Bertz CT molecular complexity index is 599. The molecule has 22 heavy (non-hydrogen) atoms. The fourth-order valence-electron chi connectivity index (χ4n) is 2.45. The van der Waals surface area contributed by atoms with Crippen LogP contribution in [0.15, 0.2) is 5.10 Å². The lowest BCUT2D eigenvalue weighted by atomic mass is 9.84. The van der Waals surface area contributed by atoms with Crippen LogP contribution in [-0.4, -0.2) is 71.1 Å². The Kier molecular flexibility index (Phi) is 3.68. The molecule has 2 aliphatic rings. The molecule has 5 amide bonds. The number of hydrazone groups is 1. The highest BCUT2D eigenvalue weighted by molar-refractivity contribution is 6.27. The van der Waals surface area contributed by atoms with E-state index in [9.17, 15) is 19.2 Å². The van der Waals surface area contributed by atoms with E-state index in [2.05, 4.69) is 10.4 Å². The van der Waals surface area contributed by atoms with E-state index in [0.29, 0.717) is 0 Å². The van der Waals surface area contributed by atoms with Gasteiger partial charge in [0.25, 0.3) is 5.91 Å². The van der Waals surface area contributed by atoms with Crippen molar-refractivity contribution < 1.29 is 19.2 Å². The van der Waals surface area contributed by atoms with E-state index in [1.165, 1.54) is 26.0 Å². The highest BCUT2D eigenvalue weighted by atomic mass is 16.2. The van der Waals surface area contributed by atoms with Crippen molar-refractivity contribution in [1.82, 2.24) is 20.1 Å². The lowest BCUT2D eigenvalue weighted by molar-refractivity contribution is -0.136. The first-order chi connectivity index (χ1) is 10.1. The van der Waals surface area contributed by atoms with E-state index < -0.39 is 23.5 Å². The maximum Gasteiger partial charge on any atom is 0.338 e. The zero-order valence-electron chi connectivity index (χ0n) is 13.2. The van der Waals surface area contributed by atoms with Gasteiger partial charge in [-0.25, -0.2) is 14.6 Å². The predicted molar refractivity (Wildman–Crippen MR) is 76.9 cm³/mol. The SMILES string of the molecule is CC(C)C(=O)CC12NC(=O)N(C)N=C1N(C)C(=O)N(C)C2=O. The minimum Gasteiger partial charge on any atom is -0.315 e. The van der Waals surface area contributed by atoms with E-state index in [1.807, 2.05) is 0 Å². The molecule has 0 radical (unpaired) electrons. The molecule has 0 aromatic heterocycles. The molecule has 9 nitrogen and oxygen atoms in total. The summed E-state index contributed by atoms with van der Waals surface area (Å²) in [5.74, 6) is -1.13. The highest BCUT2D eigenvalue weighted by Gasteiger charge is 2.58. The summed E-state index contributed by atoms with van der Waals surface area (Å²) >= 11 is 0. The zero-order valence-corrected chi connectivity index (χ0v) is 13.2. The van der Waals surface area contributed by atoms with Gasteiger partial charge in [-0.15, -0.1) is 0 Å². The number of Topliss-reactive ketones (excluding diaryl/α,β-unsaturated/α-hetero) is 1. The van der Waals surface area contributed by atoms with Crippen LogP contribution in [0, 0.1) is 5.92 Å². The second-order valence-electron chi connectivity index (χ2n) is 5.79. The number of hydrogen-bond acceptors (Lipinski definition) is 5. The average Bonchev–Trinajstić information content (AvgIpc) is 2.46. The van der Waals surface area contributed by atoms with Crippen LogP contribution in [0.1, 0.15) is 20.3 Å². The molecule has 0 saturated carbocycles. The zero-order chi connectivity index (χ0) is 16.8. The van der Waals surface area contributed by atoms with Gasteiger partial charge in [-0.05, 0) is 0 Å². The number of urea groups is 2. The fourth-order valence-corrected chi connectivity index (χ4v) is 2.45. The van der Waals surface area contributed by atoms with Gasteiger partial charge in [0.05, 0.1) is 0 Å². The number of rotatable bonds is 3. The molecule has 1 unspecified atom stereocenters. The van der Waals surface area contributed by atoms with Gasteiger partial charge in [-0.3, -0.25) is 19.4 Å². The second kappa shape index (κ2) is 5.08. The Morgan fingerprint density at radius 1 is 1.18 bits per heavy atom. The summed E-state index contributed by atoms with van der Waals surface area (Å²) in [4.78, 5) is 51.0. The number of hydrogen-bond donors (Lipinski definition) is 1. The Labute approximate surface area is 127 Å². The van der Waals surface area contributed by atoms with E-state index in [0.717, 1.165) is 9.91 Å². The van der Waals surface area contributed by atoms with Crippen molar-refractivity contribution in [3.63, 3.8) is 0 Å². The Balaban J connectivity index is 2.58. The van der Waals surface area contributed by atoms with Crippen molar-refractivity contribution in [3.8, 4) is 0 Å². The molecule has 0 aromatic rings. The van der Waals surface area contributed by atoms with Crippen molar-refractivity contribution in [3.05, 3.63) is 0 Å². The first-order valence-corrected chi connectivity index (χ1v) is 6.85. The average molecular weight is 309 g/mol. The molecule has 0 bridgehead atoms. The lowest BCUT2D eigenvalue weighted by Gasteiger charge is -2.46. The summed E-state index contributed by atoms with van der Waals surface area (Å²) in [5, 5.41) is 7.57. The van der Waals surface area contributed by atoms with Gasteiger partial charge in [-0.1, -0.05) is 13.8 Å². The van der Waals surface area contributed by atoms with Crippen LogP contribution in [0.3, 0.4) is 0 Å². The molecule has 1 fully saturated rings. The number of likely N-dealkylation sites (N-methyl/N-ethyl adjacent to an activating group) is 2. The first kappa shape index (κ1) is 15.9. The standard InChI is InChI=1S/C13H19N5O4/c1-7(2)8(19)6-13-9(15-18(5)11(21)14-13)16(3)12(22)17(4)10(13)20/h7H,6H2,1-5H3,(H,14,21). The number of ketones is 1. The van der Waals surface area contributed by atoms with Crippen LogP contribution >= 0.6 is 0 Å². The summed E-state index contributed by atoms with van der Waals surface area (Å²) in [6, 6.07) is -1.18. The smallest absolute Gasteiger partial charge is 0.315 e. The number of amides is 5. The van der Waals surface area contributed by atoms with Crippen LogP contribution in [0.2, 0.25) is 0 Å². The molecule has 0 aromatic carbocycles. The van der Waals surface area contributed by atoms with Crippen molar-refractivity contribution in [2.75, 3.05) is 21.1 Å². The van der Waals surface area contributed by atoms with Crippen LogP contribution in [-0.2, 0) is 9.59 Å². The third kappa shape index (κ3) is 2.13. The van der Waals surface area contributed by atoms with E-state index in [4.69, 9.17) is 0 Å². The van der Waals surface area contributed by atoms with Gasteiger partial charge >= 0.3 is 12.1 Å². The van der Waals surface area contributed by atoms with Crippen molar-refractivity contribution in [2.24, 2.45) is 11.0 Å². The molecular weight excluding hydrogens is 290 g/mol. The number of fused-ring (bicyclic) bond motifs is 1. The third-order valence-corrected chi connectivity index (χ3v) is 3.89. The quantitative estimate of drug-likeness (QED) is 0.782. The van der Waals surface area contributed by atoms with Gasteiger partial charge in [0, 0.05) is 33.5 Å². The van der Waals surface area contributed by atoms with E-state index in [-0.39, 0.29) is 24.0 Å². The number of amidine groups is 1. The Morgan fingerprint density at radius 3 is 2.32 bits per heavy atom. The molecule has 1 atom stereocenters. The largest absolute Gasteiger partial charge is 0.338 e. The maximum absolute atomic E-state index is 12.7. The highest BCUT2D eigenvalue weighted by Crippen LogP contribution is 2.28. The van der Waals surface area contributed by atoms with E-state index in [1.54, 1.807) is 13.8 Å². The van der Waals surface area contributed by atoms with E-state index >= 15 is 0 Å². The summed E-state index contributed by atoms with van der Waals surface area (Å²) in [5.41, 5.74) is -1.64. The molecule has 0 spiro atoms. The molecule has 2 aliphatic heterocycles. The van der Waals surface area contributed by atoms with Gasteiger partial charge in [0.15, 0.2) is 11.4 Å². The number of carbonyl (C=O) groups excluding carboxylic acids is 4. The van der Waals surface area contributed by atoms with Crippen molar-refractivity contribution in [2.45, 2.75) is 25.8 Å². The normalized spacial score (nSPS) is 25.3. The molecule has 2 heterocycles. The summed E-state index contributed by atoms with van der Waals surface area (Å²) in [7, 11) is 4.16. The Morgan fingerprint density at radius 2 is 1.77 bits per heavy atom. The van der Waals surface area contributed by atoms with Crippen LogP contribution < -0.4 is 5.32 Å². The molecule has 0 aliphatic carbocycles. The van der Waals surface area contributed by atoms with Gasteiger partial charge < -0.3 is 5.32 Å². The number of imide groups is 1. The van der Waals surface area contributed by atoms with Crippen LogP contribution in [0.4, 0.5) is 9.59 Å². The monoisotopic (exact) mass is 309 g/mol. The molecular formula is C13H19N5O4. The number of carbonyl (C=O) groups is 4. The minimum atomic E-state index is -1.64. The maximum atomic E-state index is 12.7. The summed E-state index contributed by atoms with van der Waals surface area (Å²) in [6.07, 6.45) is -0.246. The first-order valence-electron chi connectivity index (χ1n) is 6.85. The van der Waals surface area contributed by atoms with Crippen LogP contribution in [0.5, 0.6) is 0 Å². The second-order valence-corrected chi connectivity index (χ2v) is 5.79. The van der Waals surface area contributed by atoms with Gasteiger partial charge in [-0.2, -0.15) is 5.10 Å². The fraction of sp³-hybridized carbons (Fsp3) is 0.615. The minimum absolute atomic E-state index is 0.0525. The van der Waals surface area contributed by atoms with Crippen molar-refractivity contribution in [1.29, 1.82) is 0 Å². The molecule has 120 valence electrons. The van der Waals surface area contributed by atoms with Gasteiger partial charge in [0.1, 0.15) is 5.78 Å². The van der Waals surface area contributed by atoms with Gasteiger partial charge in [0.2, 0.25) is 0 Å². The third-order valence-electron chi connectivity index (χ3n) is 3.89. The van der Waals surface area contributed by atoms with Crippen LogP contribution in [0.25, 0.3) is 0 Å². The topological polar surface area (TPSA) is 102 Å². The summed E-state index contributed by atoms with van der Waals surface area (Å²) < 4.78 is 0.